The summed E-state index contributed by atoms with van der Waals surface area (Å²) in [4.78, 5) is 10.1. The standard InChI is InChI=1S/C6H7F3O3.Zr/c1-2-12-5(11)3-4(10)6(7,8)9;/h3,11H,2H2,1H3;. The number of carbonyl (C=O) groups excluding carboxylic acids is 1. The zero-order valence-corrected chi connectivity index (χ0v) is 9.14. The molecule has 3 nitrogen and oxygen atoms in total. The van der Waals surface area contributed by atoms with Gasteiger partial charge in [0.15, 0.2) is 0 Å². The molecule has 0 radical (unpaired) electrons. The zero-order chi connectivity index (χ0) is 9.78. The van der Waals surface area contributed by atoms with E-state index >= 15 is 0 Å². The number of hydrogen-bond acceptors (Lipinski definition) is 3. The van der Waals surface area contributed by atoms with Crippen LogP contribution in [0, 0.1) is 0 Å². The maximum atomic E-state index is 11.5. The fraction of sp³-hybridized carbons (Fsp3) is 0.500. The van der Waals surface area contributed by atoms with Gasteiger partial charge in [-0.25, -0.2) is 0 Å². The predicted molar refractivity (Wildman–Crippen MR) is 33.4 cm³/mol. The van der Waals surface area contributed by atoms with Gasteiger partial charge in [0, 0.05) is 26.2 Å². The summed E-state index contributed by atoms with van der Waals surface area (Å²) in [5.74, 6) is -3.17. The molecule has 0 aromatic carbocycles. The van der Waals surface area contributed by atoms with Crippen molar-refractivity contribution in [1.82, 2.24) is 0 Å². The van der Waals surface area contributed by atoms with Gasteiger partial charge < -0.3 is 9.84 Å². The van der Waals surface area contributed by atoms with Crippen LogP contribution in [0.25, 0.3) is 0 Å². The summed E-state index contributed by atoms with van der Waals surface area (Å²) in [7, 11) is 0. The topological polar surface area (TPSA) is 46.5 Å². The van der Waals surface area contributed by atoms with Crippen LogP contribution in [-0.4, -0.2) is 23.7 Å². The predicted octanol–water partition coefficient (Wildman–Crippen LogP) is 1.55. The zero-order valence-electron chi connectivity index (χ0n) is 6.68. The quantitative estimate of drug-likeness (QED) is 0.628. The van der Waals surface area contributed by atoms with E-state index in [-0.39, 0.29) is 38.9 Å². The first-order chi connectivity index (χ1) is 5.38. The molecule has 1 N–H and O–H groups in total. The van der Waals surface area contributed by atoms with Gasteiger partial charge in [-0.2, -0.15) is 13.2 Å². The van der Waals surface area contributed by atoms with E-state index in [0.717, 1.165) is 0 Å². The van der Waals surface area contributed by atoms with Gasteiger partial charge in [-0.1, -0.05) is 0 Å². The van der Waals surface area contributed by atoms with E-state index < -0.39 is 17.9 Å². The minimum atomic E-state index is -4.97. The first-order valence-electron chi connectivity index (χ1n) is 3.02. The van der Waals surface area contributed by atoms with Crippen LogP contribution in [0.1, 0.15) is 6.92 Å². The second kappa shape index (κ2) is 6.18. The molecule has 13 heavy (non-hydrogen) atoms. The Morgan fingerprint density at radius 2 is 2.00 bits per heavy atom. The van der Waals surface area contributed by atoms with Crippen LogP contribution in [0.2, 0.25) is 0 Å². The number of allylic oxidation sites excluding steroid dienone is 1. The van der Waals surface area contributed by atoms with Crippen molar-refractivity contribution in [1.29, 1.82) is 0 Å². The van der Waals surface area contributed by atoms with Crippen LogP contribution in [-0.2, 0) is 35.7 Å². The Hall–Kier alpha value is -0.317. The average molecular weight is 275 g/mol. The second-order valence-corrected chi connectivity index (χ2v) is 1.78. The molecule has 0 atom stereocenters. The van der Waals surface area contributed by atoms with Gasteiger partial charge in [-0.3, -0.25) is 4.79 Å². The second-order valence-electron chi connectivity index (χ2n) is 1.78. The van der Waals surface area contributed by atoms with Crippen LogP contribution < -0.4 is 0 Å². The van der Waals surface area contributed by atoms with Crippen molar-refractivity contribution < 1.29 is 54.0 Å². The fourth-order valence-electron chi connectivity index (χ4n) is 0.384. The number of halogens is 3. The number of rotatable bonds is 3. The molecule has 0 fully saturated rings. The molecular formula is C6H7F3O3Zr. The van der Waals surface area contributed by atoms with Gasteiger partial charge in [0.05, 0.1) is 12.7 Å². The van der Waals surface area contributed by atoms with Crippen LogP contribution in [0.3, 0.4) is 0 Å². The van der Waals surface area contributed by atoms with Crippen LogP contribution in [0.15, 0.2) is 12.0 Å². The molecule has 0 saturated carbocycles. The van der Waals surface area contributed by atoms with Crippen molar-refractivity contribution in [2.45, 2.75) is 13.1 Å². The summed E-state index contributed by atoms with van der Waals surface area (Å²) in [6, 6.07) is 0. The molecule has 0 aromatic rings. The van der Waals surface area contributed by atoms with E-state index in [2.05, 4.69) is 4.74 Å². The number of aliphatic hydroxyl groups is 1. The normalized spacial score (nSPS) is 11.8. The summed E-state index contributed by atoms with van der Waals surface area (Å²) in [6.45, 7) is 1.45. The van der Waals surface area contributed by atoms with E-state index in [9.17, 15) is 18.0 Å². The summed E-state index contributed by atoms with van der Waals surface area (Å²) >= 11 is 0. The van der Waals surface area contributed by atoms with E-state index in [1.165, 1.54) is 6.92 Å². The molecule has 0 rings (SSSR count). The third-order valence-electron chi connectivity index (χ3n) is 0.826. The van der Waals surface area contributed by atoms with Crippen LogP contribution in [0.5, 0.6) is 0 Å². The maximum absolute atomic E-state index is 11.5. The summed E-state index contributed by atoms with van der Waals surface area (Å²) in [5, 5.41) is 8.50. The SMILES string of the molecule is CCOC(O)=CC(=O)C(F)(F)F.[Zr]. The molecule has 7 heteroatoms. The van der Waals surface area contributed by atoms with E-state index in [0.29, 0.717) is 0 Å². The molecular weight excluding hydrogens is 268 g/mol. The Morgan fingerprint density at radius 1 is 1.54 bits per heavy atom. The first kappa shape index (κ1) is 15.2. The molecule has 0 heterocycles. The first-order valence-corrected chi connectivity index (χ1v) is 3.02. The molecule has 0 saturated heterocycles. The molecule has 0 unspecified atom stereocenters. The summed E-state index contributed by atoms with van der Waals surface area (Å²) < 4.78 is 38.7. The van der Waals surface area contributed by atoms with E-state index in [1.807, 2.05) is 0 Å². The minimum Gasteiger partial charge on any atom is -0.481 e. The van der Waals surface area contributed by atoms with Crippen LogP contribution >= 0.6 is 0 Å². The molecule has 0 aliphatic carbocycles. The summed E-state index contributed by atoms with van der Waals surface area (Å²) in [6.07, 6.45) is -4.98. The van der Waals surface area contributed by atoms with Crippen molar-refractivity contribution in [3.63, 3.8) is 0 Å². The monoisotopic (exact) mass is 274 g/mol. The fourth-order valence-corrected chi connectivity index (χ4v) is 0.384. The van der Waals surface area contributed by atoms with Gasteiger partial charge in [-0.05, 0) is 6.92 Å². The number of ether oxygens (including phenoxy) is 1. The molecule has 74 valence electrons. The van der Waals surface area contributed by atoms with E-state index in [4.69, 9.17) is 5.11 Å². The Kier molecular flexibility index (Phi) is 7.22. The largest absolute Gasteiger partial charge is 0.481 e. The third kappa shape index (κ3) is 6.81. The minimum absolute atomic E-state index is 0. The van der Waals surface area contributed by atoms with Gasteiger partial charge in [0.2, 0.25) is 0 Å². The molecule has 0 spiro atoms. The molecule has 0 aromatic heterocycles. The van der Waals surface area contributed by atoms with Gasteiger partial charge in [0.1, 0.15) is 0 Å². The van der Waals surface area contributed by atoms with Crippen molar-refractivity contribution in [2.75, 3.05) is 6.61 Å². The molecule has 0 bridgehead atoms. The third-order valence-corrected chi connectivity index (χ3v) is 0.826. The summed E-state index contributed by atoms with van der Waals surface area (Å²) in [5.41, 5.74) is 0. The Morgan fingerprint density at radius 3 is 2.31 bits per heavy atom. The molecule has 0 aliphatic heterocycles. The van der Waals surface area contributed by atoms with Crippen molar-refractivity contribution in [2.24, 2.45) is 0 Å². The number of alkyl halides is 3. The Labute approximate surface area is 91.7 Å². The number of hydrogen-bond donors (Lipinski definition) is 1. The Balaban J connectivity index is 0. The van der Waals surface area contributed by atoms with Gasteiger partial charge >= 0.3 is 6.18 Å². The smallest absolute Gasteiger partial charge is 0.454 e. The van der Waals surface area contributed by atoms with Crippen molar-refractivity contribution >= 4 is 5.78 Å². The Bertz CT molecular complexity index is 200. The van der Waals surface area contributed by atoms with Crippen LogP contribution in [0.4, 0.5) is 13.2 Å². The van der Waals surface area contributed by atoms with Gasteiger partial charge in [-0.15, -0.1) is 0 Å². The molecule has 0 aliphatic rings. The number of ketones is 1. The maximum Gasteiger partial charge on any atom is 0.454 e. The van der Waals surface area contributed by atoms with Crippen molar-refractivity contribution in [3.05, 3.63) is 12.0 Å². The van der Waals surface area contributed by atoms with Crippen molar-refractivity contribution in [3.8, 4) is 0 Å². The van der Waals surface area contributed by atoms with Gasteiger partial charge in [0.25, 0.3) is 11.7 Å². The number of aliphatic hydroxyl groups excluding tert-OH is 1. The van der Waals surface area contributed by atoms with E-state index in [1.54, 1.807) is 0 Å². The molecule has 0 amide bonds. The number of carbonyl (C=O) groups is 1. The average Bonchev–Trinajstić information content (AvgIpc) is 1.85.